The highest BCUT2D eigenvalue weighted by Crippen LogP contribution is 2.33. The molecule has 1 aromatic carbocycles. The van der Waals surface area contributed by atoms with E-state index in [1.807, 2.05) is 0 Å². The minimum Gasteiger partial charge on any atom is -0.496 e. The molecule has 3 rings (SSSR count). The van der Waals surface area contributed by atoms with Crippen molar-refractivity contribution in [2.75, 3.05) is 13.7 Å². The third-order valence-corrected chi connectivity index (χ3v) is 6.37. The predicted molar refractivity (Wildman–Crippen MR) is 140 cm³/mol. The zero-order valence-corrected chi connectivity index (χ0v) is 24.3. The smallest absolute Gasteiger partial charge is 0.350 e. The summed E-state index contributed by atoms with van der Waals surface area (Å²) in [6.45, 7) is 3.66. The summed E-state index contributed by atoms with van der Waals surface area (Å²) in [5.74, 6) is -2.67. The summed E-state index contributed by atoms with van der Waals surface area (Å²) < 4.78 is 34.5. The molecular formula is C25H28BrN3O12. The predicted octanol–water partition coefficient (Wildman–Crippen LogP) is 0.480. The van der Waals surface area contributed by atoms with E-state index in [4.69, 9.17) is 28.4 Å². The molecular weight excluding hydrogens is 614 g/mol. The minimum atomic E-state index is -1.61. The summed E-state index contributed by atoms with van der Waals surface area (Å²) in [6, 6.07) is 4.95. The molecule has 1 aromatic heterocycles. The fourth-order valence-corrected chi connectivity index (χ4v) is 4.75. The summed E-state index contributed by atoms with van der Waals surface area (Å²) in [5.41, 5.74) is -1.16. The molecule has 5 atom stereocenters. The molecule has 41 heavy (non-hydrogen) atoms. The van der Waals surface area contributed by atoms with Crippen molar-refractivity contribution in [2.24, 2.45) is 0 Å². The molecule has 1 fully saturated rings. The van der Waals surface area contributed by atoms with Gasteiger partial charge in [0.2, 0.25) is 0 Å². The summed E-state index contributed by atoms with van der Waals surface area (Å²) >= 11 is 3.36. The lowest BCUT2D eigenvalue weighted by Crippen LogP contribution is -2.62. The summed E-state index contributed by atoms with van der Waals surface area (Å²) in [4.78, 5) is 74.0. The molecule has 0 bridgehead atoms. The molecule has 1 saturated heterocycles. The number of benzene rings is 1. The van der Waals surface area contributed by atoms with E-state index in [-0.39, 0.29) is 6.54 Å². The largest absolute Gasteiger partial charge is 0.496 e. The molecule has 0 aliphatic carbocycles. The number of methoxy groups -OCH3 is 1. The number of hydrogen-bond acceptors (Lipinski definition) is 13. The van der Waals surface area contributed by atoms with Crippen LogP contribution in [0.25, 0.3) is 0 Å². The van der Waals surface area contributed by atoms with Crippen molar-refractivity contribution in [3.8, 4) is 5.75 Å². The van der Waals surface area contributed by atoms with E-state index in [0.717, 1.165) is 43.1 Å². The standard InChI is InChI=1S/C25H28BrN3O12/c1-12(30)37-11-19-21(38-13(2)31)22(39-14(3)32)23(40-15(4)33)24(41-19)29-25(35)28(20(34)9-27-29)10-16-6-7-18(36-5)17(26)8-16/h6-9,19,21-24H,10-11H2,1-5H3/t19-,21+,22-,23+,24+/m0/s1. The first-order valence-electron chi connectivity index (χ1n) is 12.1. The van der Waals surface area contributed by atoms with Gasteiger partial charge in [-0.2, -0.15) is 9.78 Å². The van der Waals surface area contributed by atoms with Gasteiger partial charge in [0.15, 0.2) is 24.5 Å². The summed E-state index contributed by atoms with van der Waals surface area (Å²) in [6.07, 6.45) is -6.59. The number of aromatic nitrogens is 3. The number of nitrogens with zero attached hydrogens (tertiary/aromatic N) is 3. The lowest BCUT2D eigenvalue weighted by Gasteiger charge is -2.44. The van der Waals surface area contributed by atoms with Crippen LogP contribution in [0.15, 0.2) is 38.5 Å². The molecule has 0 saturated carbocycles. The second-order valence-corrected chi connectivity index (χ2v) is 9.71. The quantitative estimate of drug-likeness (QED) is 0.273. The number of ether oxygens (including phenoxy) is 6. The average molecular weight is 642 g/mol. The highest BCUT2D eigenvalue weighted by molar-refractivity contribution is 9.10. The molecule has 0 spiro atoms. The molecule has 16 heteroatoms. The Morgan fingerprint density at radius 2 is 1.54 bits per heavy atom. The Morgan fingerprint density at radius 3 is 2.10 bits per heavy atom. The van der Waals surface area contributed by atoms with Gasteiger partial charge in [0, 0.05) is 27.7 Å². The van der Waals surface area contributed by atoms with Crippen LogP contribution in [0.4, 0.5) is 0 Å². The monoisotopic (exact) mass is 641 g/mol. The average Bonchev–Trinajstić information content (AvgIpc) is 2.87. The van der Waals surface area contributed by atoms with Gasteiger partial charge in [0.25, 0.3) is 5.56 Å². The van der Waals surface area contributed by atoms with E-state index in [9.17, 15) is 28.8 Å². The molecule has 2 aromatic rings. The molecule has 15 nitrogen and oxygen atoms in total. The Hall–Kier alpha value is -4.05. The number of carbonyl (C=O) groups excluding carboxylic acids is 4. The zero-order valence-electron chi connectivity index (χ0n) is 22.7. The van der Waals surface area contributed by atoms with Gasteiger partial charge in [-0.25, -0.2) is 4.79 Å². The highest BCUT2D eigenvalue weighted by Gasteiger charge is 2.53. The first kappa shape index (κ1) is 31.5. The Morgan fingerprint density at radius 1 is 0.927 bits per heavy atom. The first-order chi connectivity index (χ1) is 19.3. The van der Waals surface area contributed by atoms with Crippen molar-refractivity contribution >= 4 is 39.8 Å². The lowest BCUT2D eigenvalue weighted by molar-refractivity contribution is -0.271. The van der Waals surface area contributed by atoms with E-state index in [1.54, 1.807) is 18.2 Å². The number of hydrogen-bond donors (Lipinski definition) is 0. The van der Waals surface area contributed by atoms with Crippen LogP contribution in [0.5, 0.6) is 5.75 Å². The van der Waals surface area contributed by atoms with Crippen molar-refractivity contribution in [1.29, 1.82) is 0 Å². The summed E-state index contributed by atoms with van der Waals surface area (Å²) in [7, 11) is 1.49. The van der Waals surface area contributed by atoms with Crippen LogP contribution in [-0.4, -0.2) is 76.4 Å². The van der Waals surface area contributed by atoms with Crippen LogP contribution in [0.2, 0.25) is 0 Å². The third kappa shape index (κ3) is 7.79. The van der Waals surface area contributed by atoms with E-state index in [1.165, 1.54) is 7.11 Å². The second-order valence-electron chi connectivity index (χ2n) is 8.85. The van der Waals surface area contributed by atoms with Gasteiger partial charge in [-0.1, -0.05) is 6.07 Å². The maximum Gasteiger partial charge on any atom is 0.350 e. The van der Waals surface area contributed by atoms with E-state index in [0.29, 0.717) is 15.8 Å². The van der Waals surface area contributed by atoms with Gasteiger partial charge in [0.1, 0.15) is 24.7 Å². The normalized spacial score (nSPS) is 21.9. The van der Waals surface area contributed by atoms with Crippen molar-refractivity contribution in [2.45, 2.75) is 64.9 Å². The van der Waals surface area contributed by atoms with E-state index < -0.39 is 72.4 Å². The Bertz CT molecular complexity index is 1440. The van der Waals surface area contributed by atoms with Crippen LogP contribution in [0, 0.1) is 0 Å². The molecule has 1 aliphatic heterocycles. The number of esters is 4. The zero-order chi connectivity index (χ0) is 30.4. The first-order valence-corrected chi connectivity index (χ1v) is 12.9. The van der Waals surface area contributed by atoms with Crippen molar-refractivity contribution < 1.29 is 47.6 Å². The molecule has 2 heterocycles. The topological polar surface area (TPSA) is 181 Å². The van der Waals surface area contributed by atoms with Crippen molar-refractivity contribution in [1.82, 2.24) is 14.3 Å². The molecule has 0 radical (unpaired) electrons. The van der Waals surface area contributed by atoms with E-state index in [2.05, 4.69) is 21.0 Å². The molecule has 1 aliphatic rings. The van der Waals surface area contributed by atoms with Crippen LogP contribution < -0.4 is 16.0 Å². The maximum absolute atomic E-state index is 13.6. The molecule has 0 amide bonds. The number of carbonyl (C=O) groups is 4. The molecule has 0 N–H and O–H groups in total. The van der Waals surface area contributed by atoms with Crippen LogP contribution in [-0.2, 0) is 49.4 Å². The lowest BCUT2D eigenvalue weighted by atomic mass is 9.97. The van der Waals surface area contributed by atoms with Crippen molar-refractivity contribution in [3.05, 3.63) is 55.3 Å². The third-order valence-electron chi connectivity index (χ3n) is 5.75. The van der Waals surface area contributed by atoms with Gasteiger partial charge in [0.05, 0.1) is 18.1 Å². The fourth-order valence-electron chi connectivity index (χ4n) is 4.16. The van der Waals surface area contributed by atoms with Gasteiger partial charge in [-0.05, 0) is 33.6 Å². The Balaban J connectivity index is 2.14. The van der Waals surface area contributed by atoms with Gasteiger partial charge >= 0.3 is 29.6 Å². The van der Waals surface area contributed by atoms with Crippen molar-refractivity contribution in [3.63, 3.8) is 0 Å². The van der Waals surface area contributed by atoms with Crippen LogP contribution >= 0.6 is 15.9 Å². The Labute approximate surface area is 241 Å². The minimum absolute atomic E-state index is 0.186. The molecule has 222 valence electrons. The second kappa shape index (κ2) is 13.5. The SMILES string of the molecule is COc1ccc(Cn2c(=O)cnn([C@@H]3O[C@@H](COC(C)=O)[C@@H](OC(C)=O)[C@H](OC(C)=O)[C@H]3OC(C)=O)c2=O)cc1Br. The summed E-state index contributed by atoms with van der Waals surface area (Å²) in [5, 5.41) is 3.90. The highest BCUT2D eigenvalue weighted by atomic mass is 79.9. The number of rotatable bonds is 9. The maximum atomic E-state index is 13.6. The Kier molecular flexibility index (Phi) is 10.4. The van der Waals surface area contributed by atoms with Gasteiger partial charge in [-0.15, -0.1) is 0 Å². The van der Waals surface area contributed by atoms with Gasteiger partial charge in [-0.3, -0.25) is 28.5 Å². The fraction of sp³-hybridized carbons (Fsp3) is 0.480. The number of halogens is 1. The molecule has 0 unspecified atom stereocenters. The van der Waals surface area contributed by atoms with Gasteiger partial charge < -0.3 is 28.4 Å². The van der Waals surface area contributed by atoms with Crippen LogP contribution in [0.3, 0.4) is 0 Å². The van der Waals surface area contributed by atoms with E-state index >= 15 is 0 Å². The van der Waals surface area contributed by atoms with Crippen LogP contribution in [0.1, 0.15) is 39.5 Å².